The number of aromatic nitrogens is 1. The molecule has 0 saturated heterocycles. The van der Waals surface area contributed by atoms with E-state index in [-0.39, 0.29) is 48.5 Å². The van der Waals surface area contributed by atoms with Gasteiger partial charge in [0, 0.05) is 37.5 Å². The van der Waals surface area contributed by atoms with Crippen molar-refractivity contribution in [2.45, 2.75) is 26.0 Å². The second-order valence-corrected chi connectivity index (χ2v) is 10.6. The predicted molar refractivity (Wildman–Crippen MR) is 127 cm³/mol. The summed E-state index contributed by atoms with van der Waals surface area (Å²) in [5.41, 5.74) is 0.874. The number of nitrogens with zero attached hydrogens (tertiary/aromatic N) is 3. The number of rotatable bonds is 7. The van der Waals surface area contributed by atoms with Gasteiger partial charge >= 0.3 is 0 Å². The van der Waals surface area contributed by atoms with Crippen molar-refractivity contribution in [3.8, 4) is 5.75 Å². The Morgan fingerprint density at radius 2 is 2.00 bits per heavy atom. The molecule has 3 rings (SSSR count). The Hall–Kier alpha value is -3.02. The van der Waals surface area contributed by atoms with Crippen LogP contribution < -0.4 is 10.1 Å². The highest BCUT2D eigenvalue weighted by Crippen LogP contribution is 2.35. The number of carbonyl (C=O) groups excluding carboxylic acids is 2. The van der Waals surface area contributed by atoms with Crippen molar-refractivity contribution in [3.05, 3.63) is 53.9 Å². The third-order valence-corrected chi connectivity index (χ3v) is 7.17. The van der Waals surface area contributed by atoms with E-state index >= 15 is 0 Å². The van der Waals surface area contributed by atoms with Crippen molar-refractivity contribution in [1.29, 1.82) is 0 Å². The minimum atomic E-state index is -3.48. The molecule has 0 unspecified atom stereocenters. The number of aliphatic hydroxyl groups excluding tert-OH is 1. The first-order chi connectivity index (χ1) is 16.0. The smallest absolute Gasteiger partial charge is 0.258 e. The number of para-hydroxylation sites is 1. The van der Waals surface area contributed by atoms with Crippen LogP contribution in [0.2, 0.25) is 0 Å². The van der Waals surface area contributed by atoms with Crippen molar-refractivity contribution in [3.63, 3.8) is 0 Å². The Kier molecular flexibility index (Phi) is 7.90. The molecule has 10 nitrogen and oxygen atoms in total. The van der Waals surface area contributed by atoms with Gasteiger partial charge in [-0.2, -0.15) is 0 Å². The van der Waals surface area contributed by atoms with Crippen LogP contribution in [0.1, 0.15) is 34.6 Å². The third-order valence-electron chi connectivity index (χ3n) is 5.89. The number of ether oxygens (including phenoxy) is 1. The Labute approximate surface area is 199 Å². The second kappa shape index (κ2) is 10.5. The fraction of sp³-hybridized carbons (Fsp3) is 0.435. The summed E-state index contributed by atoms with van der Waals surface area (Å²) in [7, 11) is -2.02. The number of hydrogen-bond acceptors (Lipinski definition) is 7. The first-order valence-electron chi connectivity index (χ1n) is 10.9. The van der Waals surface area contributed by atoms with Crippen LogP contribution in [0, 0.1) is 5.92 Å². The lowest BCUT2D eigenvalue weighted by Gasteiger charge is -2.38. The van der Waals surface area contributed by atoms with Gasteiger partial charge in [0.1, 0.15) is 6.10 Å². The molecule has 34 heavy (non-hydrogen) atoms. The molecule has 0 spiro atoms. The third kappa shape index (κ3) is 5.72. The summed E-state index contributed by atoms with van der Waals surface area (Å²) < 4.78 is 31.6. The van der Waals surface area contributed by atoms with Gasteiger partial charge in [0.2, 0.25) is 10.0 Å². The maximum Gasteiger partial charge on any atom is 0.258 e. The summed E-state index contributed by atoms with van der Waals surface area (Å²) in [5, 5.41) is 12.5. The Bertz CT molecular complexity index is 1140. The van der Waals surface area contributed by atoms with Crippen molar-refractivity contribution >= 4 is 27.5 Å². The zero-order valence-corrected chi connectivity index (χ0v) is 20.4. The van der Waals surface area contributed by atoms with Crippen LogP contribution in [0.15, 0.2) is 42.7 Å². The normalized spacial score (nSPS) is 19.6. The fourth-order valence-electron chi connectivity index (χ4n) is 3.65. The van der Waals surface area contributed by atoms with Crippen LogP contribution in [-0.4, -0.2) is 84.7 Å². The molecule has 184 valence electrons. The monoisotopic (exact) mass is 490 g/mol. The number of likely N-dealkylation sites (N-methyl/N-ethyl adjacent to an activating group) is 1. The molecule has 11 heteroatoms. The number of nitrogens with one attached hydrogen (secondary N) is 1. The van der Waals surface area contributed by atoms with Gasteiger partial charge < -0.3 is 20.1 Å². The number of pyridine rings is 1. The van der Waals surface area contributed by atoms with E-state index in [0.717, 1.165) is 6.26 Å². The van der Waals surface area contributed by atoms with Crippen molar-refractivity contribution in [1.82, 2.24) is 14.2 Å². The van der Waals surface area contributed by atoms with Crippen LogP contribution in [0.3, 0.4) is 0 Å². The maximum atomic E-state index is 13.4. The molecule has 0 radical (unpaired) electrons. The zero-order valence-electron chi connectivity index (χ0n) is 19.6. The van der Waals surface area contributed by atoms with Crippen LogP contribution in [0.25, 0.3) is 0 Å². The number of amides is 2. The summed E-state index contributed by atoms with van der Waals surface area (Å²) in [6, 6.07) is 7.49. The largest absolute Gasteiger partial charge is 0.486 e. The number of benzene rings is 1. The SMILES string of the molecule is C[C@@H]1CN([C@H](C)CO)C(=O)c2cccc(NC(=O)c3ccncc3)c2O[C@H]1CN(C)S(C)(=O)=O. The van der Waals surface area contributed by atoms with Gasteiger partial charge in [0.05, 0.1) is 36.7 Å². The first kappa shape index (κ1) is 25.6. The van der Waals surface area contributed by atoms with E-state index in [9.17, 15) is 23.1 Å². The highest BCUT2D eigenvalue weighted by Gasteiger charge is 2.35. The molecular weight excluding hydrogens is 460 g/mol. The van der Waals surface area contributed by atoms with E-state index in [2.05, 4.69) is 10.3 Å². The van der Waals surface area contributed by atoms with Crippen molar-refractivity contribution in [2.24, 2.45) is 5.92 Å². The summed E-state index contributed by atoms with van der Waals surface area (Å²) in [6.45, 7) is 3.66. The maximum absolute atomic E-state index is 13.4. The Balaban J connectivity index is 2.06. The van der Waals surface area contributed by atoms with Crippen LogP contribution in [0.5, 0.6) is 5.75 Å². The van der Waals surface area contributed by atoms with E-state index in [1.807, 2.05) is 6.92 Å². The fourth-order valence-corrected chi connectivity index (χ4v) is 4.06. The molecule has 0 aliphatic carbocycles. The van der Waals surface area contributed by atoms with E-state index in [0.29, 0.717) is 5.56 Å². The zero-order chi connectivity index (χ0) is 25.0. The van der Waals surface area contributed by atoms with E-state index in [1.165, 1.54) is 23.7 Å². The van der Waals surface area contributed by atoms with Crippen molar-refractivity contribution < 1.29 is 27.9 Å². The van der Waals surface area contributed by atoms with Gasteiger partial charge in [0.25, 0.3) is 11.8 Å². The molecule has 1 aromatic heterocycles. The molecule has 2 N–H and O–H groups in total. The minimum absolute atomic E-state index is 0.0433. The number of fused-ring (bicyclic) bond motifs is 1. The summed E-state index contributed by atoms with van der Waals surface area (Å²) in [6.07, 6.45) is 3.48. The molecule has 1 aromatic carbocycles. The molecule has 0 bridgehead atoms. The molecule has 0 fully saturated rings. The summed E-state index contributed by atoms with van der Waals surface area (Å²) in [5.74, 6) is -0.881. The van der Waals surface area contributed by atoms with Gasteiger partial charge in [0.15, 0.2) is 5.75 Å². The lowest BCUT2D eigenvalue weighted by Crippen LogP contribution is -2.50. The van der Waals surface area contributed by atoms with Gasteiger partial charge in [-0.25, -0.2) is 12.7 Å². The van der Waals surface area contributed by atoms with E-state index < -0.39 is 28.1 Å². The Morgan fingerprint density at radius 3 is 2.62 bits per heavy atom. The van der Waals surface area contributed by atoms with Gasteiger partial charge in [-0.05, 0) is 31.2 Å². The minimum Gasteiger partial charge on any atom is -0.486 e. The standard InChI is InChI=1S/C23H30N4O6S/c1-15-12-27(16(2)14-28)23(30)18-6-5-7-19(25-22(29)17-8-10-24-11-9-17)21(18)33-20(15)13-26(3)34(4,31)32/h5-11,15-16,20,28H,12-14H2,1-4H3,(H,25,29)/t15-,16-,20+/m1/s1. The first-order valence-corrected chi connectivity index (χ1v) is 12.7. The molecule has 1 aliphatic rings. The average molecular weight is 491 g/mol. The lowest BCUT2D eigenvalue weighted by molar-refractivity contribution is 0.0389. The van der Waals surface area contributed by atoms with Crippen molar-refractivity contribution in [2.75, 3.05) is 38.3 Å². The molecule has 0 saturated carbocycles. The number of aliphatic hydroxyl groups is 1. The van der Waals surface area contributed by atoms with Crippen LogP contribution >= 0.6 is 0 Å². The topological polar surface area (TPSA) is 129 Å². The van der Waals surface area contributed by atoms with Gasteiger partial charge in [-0.15, -0.1) is 0 Å². The molecule has 2 heterocycles. The number of anilines is 1. The van der Waals surface area contributed by atoms with E-state index in [1.54, 1.807) is 42.2 Å². The number of carbonyl (C=O) groups is 2. The van der Waals surface area contributed by atoms with Crippen LogP contribution in [0.4, 0.5) is 5.69 Å². The highest BCUT2D eigenvalue weighted by molar-refractivity contribution is 7.88. The van der Waals surface area contributed by atoms with Gasteiger partial charge in [-0.3, -0.25) is 14.6 Å². The molecule has 2 aromatic rings. The molecular formula is C23H30N4O6S. The lowest BCUT2D eigenvalue weighted by atomic mass is 9.99. The predicted octanol–water partition coefficient (Wildman–Crippen LogP) is 1.45. The second-order valence-electron chi connectivity index (χ2n) is 8.54. The molecule has 1 aliphatic heterocycles. The highest BCUT2D eigenvalue weighted by atomic mass is 32.2. The molecule has 3 atom stereocenters. The van der Waals surface area contributed by atoms with Crippen LogP contribution in [-0.2, 0) is 10.0 Å². The average Bonchev–Trinajstić information content (AvgIpc) is 2.81. The van der Waals surface area contributed by atoms with E-state index in [4.69, 9.17) is 4.74 Å². The van der Waals surface area contributed by atoms with Gasteiger partial charge in [-0.1, -0.05) is 13.0 Å². The summed E-state index contributed by atoms with van der Waals surface area (Å²) >= 11 is 0. The molecule has 2 amide bonds. The number of hydrogen-bond donors (Lipinski definition) is 2. The Morgan fingerprint density at radius 1 is 1.32 bits per heavy atom. The number of sulfonamides is 1. The quantitative estimate of drug-likeness (QED) is 0.601. The summed E-state index contributed by atoms with van der Waals surface area (Å²) in [4.78, 5) is 31.7.